The third-order valence-electron chi connectivity index (χ3n) is 4.05. The maximum absolute atomic E-state index is 12.3. The highest BCUT2D eigenvalue weighted by molar-refractivity contribution is 6.04. The van der Waals surface area contributed by atoms with Gasteiger partial charge in [0.15, 0.2) is 6.61 Å². The van der Waals surface area contributed by atoms with Crippen LogP contribution in [0.15, 0.2) is 30.5 Å². The lowest BCUT2D eigenvalue weighted by molar-refractivity contribution is -0.132. The highest BCUT2D eigenvalue weighted by Crippen LogP contribution is 2.19. The third-order valence-corrected chi connectivity index (χ3v) is 4.05. The van der Waals surface area contributed by atoms with Crippen molar-refractivity contribution in [1.82, 2.24) is 14.7 Å². The van der Waals surface area contributed by atoms with Crippen molar-refractivity contribution in [2.24, 2.45) is 7.05 Å². The number of carbonyl (C=O) groups excluding carboxylic acids is 2. The van der Waals surface area contributed by atoms with Gasteiger partial charge in [0.2, 0.25) is 0 Å². The number of nitrogens with zero attached hydrogens (tertiary/aromatic N) is 3. The Kier molecular flexibility index (Phi) is 6.16. The van der Waals surface area contributed by atoms with Gasteiger partial charge in [0.1, 0.15) is 5.75 Å². The van der Waals surface area contributed by atoms with E-state index in [2.05, 4.69) is 10.4 Å². The minimum absolute atomic E-state index is 0.0270. The summed E-state index contributed by atoms with van der Waals surface area (Å²) >= 11 is 0. The molecule has 0 spiro atoms. The van der Waals surface area contributed by atoms with Crippen molar-refractivity contribution in [2.45, 2.75) is 20.8 Å². The van der Waals surface area contributed by atoms with Crippen LogP contribution in [0.2, 0.25) is 0 Å². The van der Waals surface area contributed by atoms with Crippen LogP contribution in [0.25, 0.3) is 0 Å². The summed E-state index contributed by atoms with van der Waals surface area (Å²) in [4.78, 5) is 26.0. The molecule has 2 amide bonds. The van der Waals surface area contributed by atoms with Gasteiger partial charge in [-0.15, -0.1) is 0 Å². The zero-order valence-corrected chi connectivity index (χ0v) is 15.1. The molecule has 134 valence electrons. The topological polar surface area (TPSA) is 76.5 Å². The van der Waals surface area contributed by atoms with Gasteiger partial charge >= 0.3 is 0 Å². The number of amides is 2. The molecule has 1 heterocycles. The monoisotopic (exact) mass is 344 g/mol. The number of hydrogen-bond acceptors (Lipinski definition) is 4. The number of nitrogens with one attached hydrogen (secondary N) is 1. The van der Waals surface area contributed by atoms with E-state index in [0.29, 0.717) is 30.1 Å². The molecule has 0 aliphatic heterocycles. The van der Waals surface area contributed by atoms with Crippen molar-refractivity contribution in [3.05, 3.63) is 41.7 Å². The van der Waals surface area contributed by atoms with Gasteiger partial charge in [-0.1, -0.05) is 6.07 Å². The first-order chi connectivity index (χ1) is 12.0. The van der Waals surface area contributed by atoms with Gasteiger partial charge in [-0.05, 0) is 32.9 Å². The average Bonchev–Trinajstić information content (AvgIpc) is 2.94. The van der Waals surface area contributed by atoms with Crippen LogP contribution in [0.4, 0.5) is 5.69 Å². The predicted octanol–water partition coefficient (Wildman–Crippen LogP) is 2.23. The number of aryl methyl sites for hydroxylation is 1. The molecule has 0 radical (unpaired) electrons. The molecule has 0 aliphatic rings. The molecule has 0 fully saturated rings. The van der Waals surface area contributed by atoms with Gasteiger partial charge in [0.05, 0.1) is 11.8 Å². The van der Waals surface area contributed by atoms with Gasteiger partial charge in [-0.2, -0.15) is 5.10 Å². The lowest BCUT2D eigenvalue weighted by Crippen LogP contribution is -2.34. The predicted molar refractivity (Wildman–Crippen MR) is 95.8 cm³/mol. The van der Waals surface area contributed by atoms with Crippen LogP contribution in [0.1, 0.15) is 29.9 Å². The normalized spacial score (nSPS) is 10.4. The number of carbonyl (C=O) groups is 2. The minimum atomic E-state index is -0.234. The Bertz CT molecular complexity index is 751. The summed E-state index contributed by atoms with van der Waals surface area (Å²) in [6.07, 6.45) is 1.54. The second-order valence-corrected chi connectivity index (χ2v) is 5.60. The summed E-state index contributed by atoms with van der Waals surface area (Å²) in [5, 5.41) is 6.88. The number of likely N-dealkylation sites (N-methyl/N-ethyl adjacent to an activating group) is 1. The van der Waals surface area contributed by atoms with Crippen molar-refractivity contribution in [2.75, 3.05) is 25.0 Å². The van der Waals surface area contributed by atoms with Crippen molar-refractivity contribution >= 4 is 17.5 Å². The van der Waals surface area contributed by atoms with Crippen LogP contribution >= 0.6 is 0 Å². The number of rotatable bonds is 7. The molecule has 0 saturated carbocycles. The van der Waals surface area contributed by atoms with Crippen molar-refractivity contribution in [3.8, 4) is 5.75 Å². The zero-order valence-electron chi connectivity index (χ0n) is 15.1. The quantitative estimate of drug-likeness (QED) is 0.836. The first kappa shape index (κ1) is 18.5. The van der Waals surface area contributed by atoms with E-state index in [-0.39, 0.29) is 18.4 Å². The number of ether oxygens (including phenoxy) is 1. The number of benzene rings is 1. The van der Waals surface area contributed by atoms with Crippen LogP contribution in [-0.2, 0) is 11.8 Å². The van der Waals surface area contributed by atoms with Gasteiger partial charge in [-0.25, -0.2) is 0 Å². The van der Waals surface area contributed by atoms with Gasteiger partial charge in [0.25, 0.3) is 11.8 Å². The first-order valence-electron chi connectivity index (χ1n) is 8.26. The lowest BCUT2D eigenvalue weighted by Gasteiger charge is -2.18. The van der Waals surface area contributed by atoms with Crippen LogP contribution in [0.3, 0.4) is 0 Å². The number of aromatic nitrogens is 2. The second kappa shape index (κ2) is 8.32. The third kappa shape index (κ3) is 4.59. The summed E-state index contributed by atoms with van der Waals surface area (Å²) in [6, 6.07) is 6.98. The Hall–Kier alpha value is -2.83. The first-order valence-corrected chi connectivity index (χ1v) is 8.26. The molecule has 7 nitrogen and oxygen atoms in total. The van der Waals surface area contributed by atoms with Crippen molar-refractivity contribution in [3.63, 3.8) is 0 Å². The minimum Gasteiger partial charge on any atom is -0.484 e. The Balaban J connectivity index is 2.00. The largest absolute Gasteiger partial charge is 0.484 e. The van der Waals surface area contributed by atoms with Crippen LogP contribution < -0.4 is 10.1 Å². The van der Waals surface area contributed by atoms with E-state index in [1.54, 1.807) is 40.9 Å². The van der Waals surface area contributed by atoms with Gasteiger partial charge in [0, 0.05) is 37.6 Å². The van der Waals surface area contributed by atoms with Crippen LogP contribution in [0.5, 0.6) is 5.75 Å². The van der Waals surface area contributed by atoms with E-state index >= 15 is 0 Å². The Morgan fingerprint density at radius 2 is 2.00 bits per heavy atom. The van der Waals surface area contributed by atoms with Gasteiger partial charge < -0.3 is 15.0 Å². The SMILES string of the molecule is CCN(CC)C(=O)COc1cccc(NC(=O)c2cnn(C)c2C)c1. The molecule has 1 aromatic carbocycles. The molecule has 0 unspecified atom stereocenters. The van der Waals surface area contributed by atoms with E-state index < -0.39 is 0 Å². The Morgan fingerprint density at radius 3 is 2.60 bits per heavy atom. The standard InChI is InChI=1S/C18H24N4O3/c1-5-22(6-2)17(23)12-25-15-9-7-8-14(10-15)20-18(24)16-11-19-21(4)13(16)3/h7-11H,5-6,12H2,1-4H3,(H,20,24). The molecule has 0 bridgehead atoms. The summed E-state index contributed by atoms with van der Waals surface area (Å²) < 4.78 is 7.20. The van der Waals surface area contributed by atoms with Crippen LogP contribution in [-0.4, -0.2) is 46.2 Å². The molecule has 7 heteroatoms. The summed E-state index contributed by atoms with van der Waals surface area (Å²) in [7, 11) is 1.79. The molecule has 2 aromatic rings. The van der Waals surface area contributed by atoms with Crippen molar-refractivity contribution in [1.29, 1.82) is 0 Å². The molecule has 0 aliphatic carbocycles. The Labute approximate surface area is 147 Å². The van der Waals surface area contributed by atoms with E-state index in [0.717, 1.165) is 5.69 Å². The molecule has 1 N–H and O–H groups in total. The van der Waals surface area contributed by atoms with E-state index in [4.69, 9.17) is 4.74 Å². The number of hydrogen-bond donors (Lipinski definition) is 1. The molecule has 0 atom stereocenters. The lowest BCUT2D eigenvalue weighted by atomic mass is 10.2. The maximum atomic E-state index is 12.3. The second-order valence-electron chi connectivity index (χ2n) is 5.60. The highest BCUT2D eigenvalue weighted by Gasteiger charge is 2.14. The molecule has 2 rings (SSSR count). The molecule has 0 saturated heterocycles. The van der Waals surface area contributed by atoms with Gasteiger partial charge in [-0.3, -0.25) is 14.3 Å². The fraction of sp³-hybridized carbons (Fsp3) is 0.389. The molecule has 1 aromatic heterocycles. The summed E-state index contributed by atoms with van der Waals surface area (Å²) in [5.74, 6) is 0.230. The van der Waals surface area contributed by atoms with E-state index in [1.807, 2.05) is 20.8 Å². The molecule has 25 heavy (non-hydrogen) atoms. The maximum Gasteiger partial charge on any atom is 0.260 e. The smallest absolute Gasteiger partial charge is 0.260 e. The fourth-order valence-electron chi connectivity index (χ4n) is 2.40. The van der Waals surface area contributed by atoms with Crippen molar-refractivity contribution < 1.29 is 14.3 Å². The zero-order chi connectivity index (χ0) is 18.4. The molecular weight excluding hydrogens is 320 g/mol. The average molecular weight is 344 g/mol. The summed E-state index contributed by atoms with van der Waals surface area (Å²) in [6.45, 7) is 6.97. The highest BCUT2D eigenvalue weighted by atomic mass is 16.5. The van der Waals surface area contributed by atoms with E-state index in [9.17, 15) is 9.59 Å². The molecular formula is C18H24N4O3. The van der Waals surface area contributed by atoms with Crippen LogP contribution in [0, 0.1) is 6.92 Å². The summed E-state index contributed by atoms with van der Waals surface area (Å²) in [5.41, 5.74) is 1.90. The van der Waals surface area contributed by atoms with E-state index in [1.165, 1.54) is 6.20 Å². The Morgan fingerprint density at radius 1 is 1.28 bits per heavy atom. The fourth-order valence-corrected chi connectivity index (χ4v) is 2.40. The number of anilines is 1.